The van der Waals surface area contributed by atoms with Crippen molar-refractivity contribution in [3.8, 4) is 17.1 Å². The number of hydrogen-bond donors (Lipinski definition) is 7. The average molecular weight is 1080 g/mol. The van der Waals surface area contributed by atoms with Gasteiger partial charge in [-0.1, -0.05) is 58.6 Å². The molecule has 0 radical (unpaired) electrons. The molecule has 6 rings (SSSR count). The van der Waals surface area contributed by atoms with E-state index in [2.05, 4.69) is 40.9 Å². The minimum Gasteiger partial charge on any atom is -0.481 e. The number of aliphatic carboxylic acids is 1. The van der Waals surface area contributed by atoms with Crippen molar-refractivity contribution < 1.29 is 62.8 Å². The Morgan fingerprint density at radius 3 is 2.25 bits per heavy atom. The minimum atomic E-state index is -1.96. The number of primary amides is 1. The van der Waals surface area contributed by atoms with Gasteiger partial charge >= 0.3 is 30.2 Å². The number of fused-ring (bicyclic) bond motifs is 5. The molecule has 0 unspecified atom stereocenters. The number of pyridine rings is 2. The fraction of sp³-hybridized carbons (Fsp3) is 0.472. The summed E-state index contributed by atoms with van der Waals surface area (Å²) in [6.45, 7) is 12.0. The Labute approximate surface area is 446 Å². The van der Waals surface area contributed by atoms with E-state index in [-0.39, 0.29) is 87.5 Å². The second-order valence-electron chi connectivity index (χ2n) is 20.9. The van der Waals surface area contributed by atoms with Crippen LogP contribution in [-0.2, 0) is 65.2 Å². The van der Waals surface area contributed by atoms with Gasteiger partial charge in [0.1, 0.15) is 31.0 Å². The van der Waals surface area contributed by atoms with Crippen molar-refractivity contribution in [2.75, 3.05) is 39.0 Å². The zero-order valence-electron chi connectivity index (χ0n) is 44.7. The maximum atomic E-state index is 14.0. The van der Waals surface area contributed by atoms with Crippen molar-refractivity contribution in [1.82, 2.24) is 35.3 Å². The summed E-state index contributed by atoms with van der Waals surface area (Å²) in [6, 6.07) is 11.2. The zero-order valence-corrected chi connectivity index (χ0v) is 45.7. The van der Waals surface area contributed by atoms with Gasteiger partial charge in [-0.3, -0.25) is 24.0 Å². The van der Waals surface area contributed by atoms with Crippen LogP contribution < -0.4 is 37.3 Å². The second kappa shape index (κ2) is 24.9. The number of amides is 7. The van der Waals surface area contributed by atoms with E-state index in [1.54, 1.807) is 73.9 Å². The normalized spacial score (nSPS) is 15.2. The molecule has 77 heavy (non-hydrogen) atoms. The number of nitrogens with zero attached hydrogens (tertiary/aromatic N) is 4. The smallest absolute Gasteiger partial charge is 0.415 e. The van der Waals surface area contributed by atoms with Gasteiger partial charge in [-0.05, 0) is 79.1 Å². The van der Waals surface area contributed by atoms with Gasteiger partial charge in [-0.25, -0.2) is 24.2 Å². The number of aromatic nitrogens is 2. The largest absolute Gasteiger partial charge is 0.481 e. The number of hydrogen-bond acceptors (Lipinski definition) is 14. The average Bonchev–Trinajstić information content (AvgIpc) is 3.79. The number of urea groups is 1. The molecule has 2 aromatic heterocycles. The first-order valence-corrected chi connectivity index (χ1v) is 29.2. The van der Waals surface area contributed by atoms with E-state index in [0.29, 0.717) is 34.6 Å². The molecule has 414 valence electrons. The Morgan fingerprint density at radius 2 is 1.61 bits per heavy atom. The number of carbonyl (C=O) groups excluding carboxylic acids is 7. The van der Waals surface area contributed by atoms with E-state index in [0.717, 1.165) is 22.6 Å². The van der Waals surface area contributed by atoms with Crippen molar-refractivity contribution in [3.63, 3.8) is 0 Å². The molecule has 3 atom stereocenters. The molecule has 2 aromatic carbocycles. The number of carbonyl (C=O) groups is 8. The van der Waals surface area contributed by atoms with Gasteiger partial charge in [-0.15, -0.1) is 0 Å². The van der Waals surface area contributed by atoms with E-state index < -0.39 is 86.0 Å². The van der Waals surface area contributed by atoms with Crippen LogP contribution >= 0.6 is 0 Å². The summed E-state index contributed by atoms with van der Waals surface area (Å²) in [5.41, 5.74) is 7.79. The summed E-state index contributed by atoms with van der Waals surface area (Å²) in [7, 11) is 1.46. The first-order valence-electron chi connectivity index (χ1n) is 25.5. The Kier molecular flexibility index (Phi) is 18.9. The molecule has 4 heterocycles. The summed E-state index contributed by atoms with van der Waals surface area (Å²) in [5, 5.41) is 31.4. The van der Waals surface area contributed by atoms with Crippen molar-refractivity contribution in [2.45, 2.75) is 122 Å². The number of esters is 1. The van der Waals surface area contributed by atoms with Crippen molar-refractivity contribution in [2.24, 2.45) is 11.7 Å². The predicted octanol–water partition coefficient (Wildman–Crippen LogP) is 4.54. The number of aryl methyl sites for hydroxylation is 1. The fourth-order valence-corrected chi connectivity index (χ4v) is 9.87. The standard InChI is InChI=1S/C53H69N9O14Si/c1-9-53(73)38-26-41-45-36(27-62(41)48(68)37(38)29-74-49(53)69)34(20-24-77(6,7)8)35-25-33(16-17-39(35)57-45)76-52(72)61(5)23-22-60(4)51(71)75-28-31-12-14-32(15-13-31)56-46(66)40(11-10-21-55-50(54)70)58-47(67)44(30(2)3)59-42(63)18-19-43(64)65/h12-17,25-26,30,40,44,73H,9-11,18-24,27-29H2,1-8H3,(H,56,66)(H,58,67)(H,59,63)(H,64,65)(H3,54,55,70)/t40-,44-,53-/m0/s1. The molecule has 8 N–H and O–H groups in total. The Morgan fingerprint density at radius 1 is 0.922 bits per heavy atom. The number of benzene rings is 2. The van der Waals surface area contributed by atoms with Crippen LogP contribution in [0, 0.1) is 5.92 Å². The number of rotatable bonds is 23. The third-order valence-electron chi connectivity index (χ3n) is 13.5. The number of carboxylic acid groups (broad SMARTS) is 1. The molecule has 7 amide bonds. The molecule has 0 fully saturated rings. The molecule has 23 nitrogen and oxygen atoms in total. The topological polar surface area (TPSA) is 320 Å². The summed E-state index contributed by atoms with van der Waals surface area (Å²) < 4.78 is 18.2. The lowest BCUT2D eigenvalue weighted by molar-refractivity contribution is -0.172. The highest BCUT2D eigenvalue weighted by molar-refractivity contribution is 6.76. The van der Waals surface area contributed by atoms with Gasteiger partial charge in [0, 0.05) is 70.4 Å². The zero-order chi connectivity index (χ0) is 56.5. The van der Waals surface area contributed by atoms with E-state index in [4.69, 9.17) is 30.0 Å². The number of nitrogens with one attached hydrogen (secondary N) is 4. The highest BCUT2D eigenvalue weighted by Gasteiger charge is 2.45. The quantitative estimate of drug-likeness (QED) is 0.0268. The lowest BCUT2D eigenvalue weighted by atomic mass is 9.86. The van der Waals surface area contributed by atoms with Crippen molar-refractivity contribution in [3.05, 3.63) is 86.7 Å². The lowest BCUT2D eigenvalue weighted by Crippen LogP contribution is -2.54. The van der Waals surface area contributed by atoms with Gasteiger partial charge in [0.2, 0.25) is 17.7 Å². The number of nitrogens with two attached hydrogens (primary N) is 1. The first-order chi connectivity index (χ1) is 36.3. The Hall–Kier alpha value is -7.86. The lowest BCUT2D eigenvalue weighted by Gasteiger charge is -2.31. The Balaban J connectivity index is 1.04. The molecule has 4 aromatic rings. The Bertz CT molecular complexity index is 2990. The molecular formula is C53H69N9O14Si. The molecule has 0 aliphatic carbocycles. The van der Waals surface area contributed by atoms with Crippen LogP contribution in [0.3, 0.4) is 0 Å². The summed E-state index contributed by atoms with van der Waals surface area (Å²) in [6.07, 6.45) is -1.05. The van der Waals surface area contributed by atoms with E-state index >= 15 is 0 Å². The summed E-state index contributed by atoms with van der Waals surface area (Å²) in [5.74, 6) is -4.00. The van der Waals surface area contributed by atoms with Crippen LogP contribution in [0.1, 0.15) is 80.7 Å². The van der Waals surface area contributed by atoms with E-state index in [9.17, 15) is 48.3 Å². The molecule has 2 aliphatic heterocycles. The third kappa shape index (κ3) is 14.5. The highest BCUT2D eigenvalue weighted by Crippen LogP contribution is 2.41. The van der Waals surface area contributed by atoms with Crippen LogP contribution in [0.25, 0.3) is 22.3 Å². The number of likely N-dealkylation sites (N-methyl/N-ethyl adjacent to an activating group) is 2. The molecule has 2 aliphatic rings. The van der Waals surface area contributed by atoms with E-state index in [1.807, 2.05) is 0 Å². The number of cyclic esters (lactones) is 1. The first kappa shape index (κ1) is 58.4. The predicted molar refractivity (Wildman–Crippen MR) is 285 cm³/mol. The van der Waals surface area contributed by atoms with Gasteiger partial charge in [0.15, 0.2) is 5.60 Å². The second-order valence-corrected chi connectivity index (χ2v) is 26.5. The molecule has 24 heteroatoms. The highest BCUT2D eigenvalue weighted by atomic mass is 28.3. The van der Waals surface area contributed by atoms with Gasteiger partial charge in [-0.2, -0.15) is 0 Å². The van der Waals surface area contributed by atoms with Crippen LogP contribution in [0.4, 0.5) is 20.1 Å². The van der Waals surface area contributed by atoms with Crippen LogP contribution in [0.15, 0.2) is 53.3 Å². The number of anilines is 1. The van der Waals surface area contributed by atoms with Crippen LogP contribution in [-0.4, -0.2) is 131 Å². The monoisotopic (exact) mass is 1080 g/mol. The molecule has 0 spiro atoms. The maximum Gasteiger partial charge on any atom is 0.415 e. The summed E-state index contributed by atoms with van der Waals surface area (Å²) in [4.78, 5) is 122. The molecule has 0 saturated heterocycles. The minimum absolute atomic E-state index is 0.0259. The molecule has 0 bridgehead atoms. The van der Waals surface area contributed by atoms with Crippen LogP contribution in [0.5, 0.6) is 5.75 Å². The fourth-order valence-electron chi connectivity index (χ4n) is 8.87. The number of aliphatic hydroxyl groups is 1. The SMILES string of the molecule is CC[C@@]1(O)C(=O)OCc2c1cc1n(c2=O)Cc2c-1nc1ccc(OC(=O)N(C)CCN(C)C(=O)OCc3ccc(NC(=O)[C@H](CCCNC(N)=O)NC(=O)[C@@H](NC(=O)CCC(=O)O)C(C)C)cc3)cc1c2CC[Si](C)(C)C. The summed E-state index contributed by atoms with van der Waals surface area (Å²) >= 11 is 0. The van der Waals surface area contributed by atoms with Gasteiger partial charge in [0.05, 0.1) is 35.4 Å². The number of carboxylic acids is 1. The van der Waals surface area contributed by atoms with Gasteiger partial charge in [0.25, 0.3) is 5.56 Å². The van der Waals surface area contributed by atoms with E-state index in [1.165, 1.54) is 23.9 Å². The van der Waals surface area contributed by atoms with Crippen molar-refractivity contribution >= 4 is 72.5 Å². The molecular weight excluding hydrogens is 1010 g/mol. The third-order valence-corrected chi connectivity index (χ3v) is 15.3. The number of ether oxygens (including phenoxy) is 3. The maximum absolute atomic E-state index is 14.0. The van der Waals surface area contributed by atoms with Crippen molar-refractivity contribution in [1.29, 1.82) is 0 Å². The van der Waals surface area contributed by atoms with Crippen LogP contribution in [0.2, 0.25) is 25.7 Å². The van der Waals surface area contributed by atoms with Gasteiger partial charge < -0.3 is 65.8 Å². The molecule has 0 saturated carbocycles.